The molecule has 0 bridgehead atoms. The second-order valence-electron chi connectivity index (χ2n) is 6.83. The van der Waals surface area contributed by atoms with E-state index in [-0.39, 0.29) is 35.6 Å². The molecule has 0 aromatic carbocycles. The summed E-state index contributed by atoms with van der Waals surface area (Å²) in [6, 6.07) is -1.27. The van der Waals surface area contributed by atoms with Crippen LogP contribution in [0, 0.1) is 23.2 Å². The van der Waals surface area contributed by atoms with E-state index in [1.807, 2.05) is 13.8 Å². The van der Waals surface area contributed by atoms with E-state index in [9.17, 15) is 14.7 Å². The molecular formula is C15H27ClN2O3. The Morgan fingerprint density at radius 2 is 1.86 bits per heavy atom. The Morgan fingerprint density at radius 1 is 1.33 bits per heavy atom. The monoisotopic (exact) mass is 318 g/mol. The molecule has 1 aliphatic carbocycles. The van der Waals surface area contributed by atoms with Crippen LogP contribution >= 0.6 is 12.4 Å². The Kier molecular flexibility index (Phi) is 5.32. The normalized spacial score (nSPS) is 30.6. The van der Waals surface area contributed by atoms with Crippen molar-refractivity contribution in [2.45, 2.75) is 52.6 Å². The Labute approximate surface area is 132 Å². The molecule has 1 heterocycles. The number of hydrogen-bond donors (Lipinski definition) is 2. The van der Waals surface area contributed by atoms with Crippen LogP contribution in [-0.2, 0) is 9.59 Å². The van der Waals surface area contributed by atoms with Crippen LogP contribution in [0.25, 0.3) is 0 Å². The third-order valence-electron chi connectivity index (χ3n) is 5.59. The first-order chi connectivity index (χ1) is 9.27. The van der Waals surface area contributed by atoms with Crippen molar-refractivity contribution in [3.05, 3.63) is 0 Å². The number of piperidine rings is 1. The highest BCUT2D eigenvalue weighted by Crippen LogP contribution is 2.64. The van der Waals surface area contributed by atoms with Gasteiger partial charge in [-0.2, -0.15) is 0 Å². The summed E-state index contributed by atoms with van der Waals surface area (Å²) < 4.78 is 0. The van der Waals surface area contributed by atoms with E-state index in [1.165, 1.54) is 4.90 Å². The first-order valence-corrected chi connectivity index (χ1v) is 7.56. The highest BCUT2D eigenvalue weighted by molar-refractivity contribution is 5.88. The lowest BCUT2D eigenvalue weighted by Crippen LogP contribution is -2.53. The molecule has 3 N–H and O–H groups in total. The number of fused-ring (bicyclic) bond motifs is 1. The Morgan fingerprint density at radius 3 is 2.29 bits per heavy atom. The van der Waals surface area contributed by atoms with Gasteiger partial charge in [0.15, 0.2) is 0 Å². The maximum Gasteiger partial charge on any atom is 0.326 e. The minimum Gasteiger partial charge on any atom is -0.480 e. The van der Waals surface area contributed by atoms with Crippen LogP contribution in [0.15, 0.2) is 0 Å². The molecule has 0 spiro atoms. The number of nitrogens with zero attached hydrogens (tertiary/aromatic N) is 1. The van der Waals surface area contributed by atoms with Gasteiger partial charge in [-0.15, -0.1) is 12.4 Å². The van der Waals surface area contributed by atoms with Crippen LogP contribution in [-0.4, -0.2) is 40.5 Å². The highest BCUT2D eigenvalue weighted by atomic mass is 35.5. The molecule has 4 atom stereocenters. The zero-order valence-electron chi connectivity index (χ0n) is 13.2. The number of amides is 1. The Balaban J connectivity index is 0.00000220. The molecule has 0 radical (unpaired) electrons. The van der Waals surface area contributed by atoms with Gasteiger partial charge in [0.2, 0.25) is 5.91 Å². The van der Waals surface area contributed by atoms with Gasteiger partial charge in [0, 0.05) is 12.5 Å². The first-order valence-electron chi connectivity index (χ1n) is 7.56. The quantitative estimate of drug-likeness (QED) is 0.808. The summed E-state index contributed by atoms with van der Waals surface area (Å²) in [6.45, 7) is 8.74. The van der Waals surface area contributed by atoms with Gasteiger partial charge >= 0.3 is 5.97 Å². The minimum absolute atomic E-state index is 0. The van der Waals surface area contributed by atoms with E-state index in [2.05, 4.69) is 13.8 Å². The predicted octanol–water partition coefficient (Wildman–Crippen LogP) is 1.74. The van der Waals surface area contributed by atoms with Gasteiger partial charge in [-0.05, 0) is 17.3 Å². The molecule has 1 saturated carbocycles. The molecule has 5 nitrogen and oxygen atoms in total. The number of carbonyl (C=O) groups excluding carboxylic acids is 1. The van der Waals surface area contributed by atoms with Crippen molar-refractivity contribution in [3.8, 4) is 0 Å². The number of halogens is 1. The zero-order valence-corrected chi connectivity index (χ0v) is 14.0. The molecule has 2 fully saturated rings. The molecule has 0 unspecified atom stereocenters. The summed E-state index contributed by atoms with van der Waals surface area (Å²) in [6.07, 6.45) is 1.68. The van der Waals surface area contributed by atoms with Crippen LogP contribution in [0.1, 0.15) is 40.5 Å². The van der Waals surface area contributed by atoms with E-state index in [0.29, 0.717) is 12.5 Å². The molecule has 0 aromatic heterocycles. The second-order valence-corrected chi connectivity index (χ2v) is 6.83. The fraction of sp³-hybridized carbons (Fsp3) is 0.867. The van der Waals surface area contributed by atoms with Crippen LogP contribution < -0.4 is 5.73 Å². The lowest BCUT2D eigenvalue weighted by molar-refractivity contribution is -0.151. The fourth-order valence-electron chi connectivity index (χ4n) is 3.99. The smallest absolute Gasteiger partial charge is 0.326 e. The fourth-order valence-corrected chi connectivity index (χ4v) is 3.99. The van der Waals surface area contributed by atoms with Crippen molar-refractivity contribution in [1.29, 1.82) is 0 Å². The van der Waals surface area contributed by atoms with Crippen molar-refractivity contribution >= 4 is 24.3 Å². The lowest BCUT2D eigenvalue weighted by Gasteiger charge is -2.32. The van der Waals surface area contributed by atoms with Gasteiger partial charge < -0.3 is 15.7 Å². The number of carbonyl (C=O) groups is 2. The molecule has 6 heteroatoms. The number of nitrogens with two attached hydrogens (primary N) is 1. The number of hydrogen-bond acceptors (Lipinski definition) is 3. The van der Waals surface area contributed by atoms with Crippen molar-refractivity contribution < 1.29 is 14.7 Å². The third-order valence-corrected chi connectivity index (χ3v) is 5.59. The van der Waals surface area contributed by atoms with Gasteiger partial charge in [-0.1, -0.05) is 40.5 Å². The van der Waals surface area contributed by atoms with Gasteiger partial charge in [-0.3, -0.25) is 4.79 Å². The van der Waals surface area contributed by atoms with Crippen molar-refractivity contribution in [3.63, 3.8) is 0 Å². The van der Waals surface area contributed by atoms with Crippen molar-refractivity contribution in [2.75, 3.05) is 6.54 Å². The molecule has 2 rings (SSSR count). The molecule has 1 amide bonds. The van der Waals surface area contributed by atoms with Crippen LogP contribution in [0.3, 0.4) is 0 Å². The third kappa shape index (κ3) is 2.78. The summed E-state index contributed by atoms with van der Waals surface area (Å²) >= 11 is 0. The number of carboxylic acid groups (broad SMARTS) is 1. The molecule has 1 aliphatic heterocycles. The first kappa shape index (κ1) is 18.2. The summed E-state index contributed by atoms with van der Waals surface area (Å²) in [5.41, 5.74) is 6.11. The molecule has 122 valence electrons. The molecule has 0 aromatic rings. The summed E-state index contributed by atoms with van der Waals surface area (Å²) in [4.78, 5) is 25.6. The van der Waals surface area contributed by atoms with Crippen LogP contribution in [0.2, 0.25) is 0 Å². The van der Waals surface area contributed by atoms with Gasteiger partial charge in [0.05, 0.1) is 6.04 Å². The average Bonchev–Trinajstić information content (AvgIpc) is 2.79. The number of aliphatic carboxylic acids is 1. The number of rotatable bonds is 5. The number of carboxylic acids is 1. The summed E-state index contributed by atoms with van der Waals surface area (Å²) in [5, 5.41) is 9.46. The predicted molar refractivity (Wildman–Crippen MR) is 83.2 cm³/mol. The molecule has 21 heavy (non-hydrogen) atoms. The largest absolute Gasteiger partial charge is 0.480 e. The lowest BCUT2D eigenvalue weighted by atomic mass is 9.92. The van der Waals surface area contributed by atoms with E-state index in [4.69, 9.17) is 5.73 Å². The minimum atomic E-state index is -0.895. The maximum absolute atomic E-state index is 12.5. The van der Waals surface area contributed by atoms with Gasteiger partial charge in [-0.25, -0.2) is 4.79 Å². The van der Waals surface area contributed by atoms with E-state index in [1.54, 1.807) is 0 Å². The van der Waals surface area contributed by atoms with Gasteiger partial charge in [0.25, 0.3) is 0 Å². The van der Waals surface area contributed by atoms with Crippen molar-refractivity contribution in [2.24, 2.45) is 28.9 Å². The topological polar surface area (TPSA) is 83.6 Å². The zero-order chi connectivity index (χ0) is 15.2. The average molecular weight is 319 g/mol. The summed E-state index contributed by atoms with van der Waals surface area (Å²) in [7, 11) is 0. The Hall–Kier alpha value is -0.810. The SMILES string of the molecule is CCC(CC)[C@H](N)C(=O)N1C[C@H]2[C@@H]([C@H]1C(=O)O)C2(C)C.Cl. The maximum atomic E-state index is 12.5. The second kappa shape index (κ2) is 6.13. The number of likely N-dealkylation sites (tertiary alicyclic amines) is 1. The molecule has 1 saturated heterocycles. The van der Waals surface area contributed by atoms with Crippen LogP contribution in [0.4, 0.5) is 0 Å². The standard InChI is InChI=1S/C15H26N2O3.ClH/c1-5-8(6-2)11(16)13(18)17-7-9-10(15(9,3)4)12(17)14(19)20;/h8-12H,5-7,16H2,1-4H3,(H,19,20);1H/t9-,10-,11-,12-;/m0./s1. The van der Waals surface area contributed by atoms with Crippen molar-refractivity contribution in [1.82, 2.24) is 4.90 Å². The molecule has 2 aliphatic rings. The van der Waals surface area contributed by atoms with E-state index in [0.717, 1.165) is 12.8 Å². The molecular weight excluding hydrogens is 292 g/mol. The van der Waals surface area contributed by atoms with E-state index >= 15 is 0 Å². The van der Waals surface area contributed by atoms with Gasteiger partial charge in [0.1, 0.15) is 6.04 Å². The van der Waals surface area contributed by atoms with Crippen LogP contribution in [0.5, 0.6) is 0 Å². The Bertz CT molecular complexity index is 423. The summed E-state index contributed by atoms with van der Waals surface area (Å²) in [5.74, 6) is -0.566. The highest BCUT2D eigenvalue weighted by Gasteiger charge is 2.69. The van der Waals surface area contributed by atoms with E-state index < -0.39 is 18.1 Å².